The van der Waals surface area contributed by atoms with Gasteiger partial charge in [0.05, 0.1) is 11.1 Å². The molecule has 0 unspecified atom stereocenters. The van der Waals surface area contributed by atoms with Crippen molar-refractivity contribution in [2.75, 3.05) is 31.1 Å². The number of aromatic nitrogens is 3. The van der Waals surface area contributed by atoms with E-state index in [1.54, 1.807) is 6.07 Å². The first-order valence-corrected chi connectivity index (χ1v) is 12.6. The highest BCUT2D eigenvalue weighted by Gasteiger charge is 2.34. The first-order valence-electron chi connectivity index (χ1n) is 10.9. The fourth-order valence-corrected chi connectivity index (χ4v) is 5.34. The summed E-state index contributed by atoms with van der Waals surface area (Å²) in [4.78, 5) is 11.1. The van der Waals surface area contributed by atoms with Crippen LogP contribution in [0.5, 0.6) is 0 Å². The Morgan fingerprint density at radius 1 is 1.16 bits per heavy atom. The van der Waals surface area contributed by atoms with Crippen molar-refractivity contribution in [3.63, 3.8) is 0 Å². The molecule has 1 aromatic carbocycles. The van der Waals surface area contributed by atoms with Crippen LogP contribution in [0.15, 0.2) is 30.7 Å². The van der Waals surface area contributed by atoms with Gasteiger partial charge in [0.2, 0.25) is 10.0 Å². The topological polar surface area (TPSA) is 120 Å². The van der Waals surface area contributed by atoms with E-state index in [0.29, 0.717) is 34.3 Å². The Balaban J connectivity index is 1.47. The van der Waals surface area contributed by atoms with Crippen LogP contribution in [0.3, 0.4) is 0 Å². The predicted octanol–water partition coefficient (Wildman–Crippen LogP) is 2.31. The molecule has 2 aromatic heterocycles. The molecule has 0 amide bonds. The molecule has 8 nitrogen and oxygen atoms in total. The molecule has 5 rings (SSSR count). The number of hydrogen-bond acceptors (Lipinski definition) is 6. The monoisotopic (exact) mass is 458 g/mol. The van der Waals surface area contributed by atoms with E-state index in [0.717, 1.165) is 30.6 Å². The largest absolute Gasteiger partial charge is 0.383 e. The lowest BCUT2D eigenvalue weighted by molar-refractivity contribution is 0.0921. The number of likely N-dealkylation sites (tertiary alicyclic amines) is 1. The van der Waals surface area contributed by atoms with E-state index in [1.165, 1.54) is 38.0 Å². The van der Waals surface area contributed by atoms with Crippen molar-refractivity contribution in [1.29, 1.82) is 0 Å². The number of fused-ring (bicyclic) bond motifs is 1. The van der Waals surface area contributed by atoms with E-state index in [4.69, 9.17) is 10.9 Å². The van der Waals surface area contributed by atoms with Gasteiger partial charge in [0.15, 0.2) is 0 Å². The zero-order chi connectivity index (χ0) is 22.5. The number of nitrogens with two attached hydrogens (primary N) is 2. The second-order valence-electron chi connectivity index (χ2n) is 9.02. The average Bonchev–Trinajstić information content (AvgIpc) is 3.04. The van der Waals surface area contributed by atoms with Crippen molar-refractivity contribution >= 4 is 26.9 Å². The average molecular weight is 459 g/mol. The second kappa shape index (κ2) is 8.09. The lowest BCUT2D eigenvalue weighted by atomic mass is 9.79. The van der Waals surface area contributed by atoms with E-state index in [-0.39, 0.29) is 12.2 Å². The SMILES string of the molecule is Nc1ncnc2c1c(-c1cc(F)cc(CCS(N)(=O)=O)c1)cn2C1CC(CN2CCC2)C1. The summed E-state index contributed by atoms with van der Waals surface area (Å²) in [6.45, 7) is 3.56. The van der Waals surface area contributed by atoms with Crippen LogP contribution < -0.4 is 10.9 Å². The first-order chi connectivity index (χ1) is 15.3. The third kappa shape index (κ3) is 4.22. The van der Waals surface area contributed by atoms with Crippen LogP contribution in [-0.4, -0.2) is 53.2 Å². The fraction of sp³-hybridized carbons (Fsp3) is 0.455. The number of halogens is 1. The second-order valence-corrected chi connectivity index (χ2v) is 10.8. The predicted molar refractivity (Wildman–Crippen MR) is 122 cm³/mol. The Hall–Kier alpha value is -2.56. The summed E-state index contributed by atoms with van der Waals surface area (Å²) in [7, 11) is -3.64. The summed E-state index contributed by atoms with van der Waals surface area (Å²) in [6, 6.07) is 4.87. The van der Waals surface area contributed by atoms with Crippen LogP contribution in [0.4, 0.5) is 10.2 Å². The van der Waals surface area contributed by atoms with Crippen molar-refractivity contribution < 1.29 is 12.8 Å². The van der Waals surface area contributed by atoms with Gasteiger partial charge in [-0.1, -0.05) is 6.07 Å². The summed E-state index contributed by atoms with van der Waals surface area (Å²) in [5.41, 5.74) is 8.89. The highest BCUT2D eigenvalue weighted by atomic mass is 32.2. The van der Waals surface area contributed by atoms with Gasteiger partial charge in [-0.25, -0.2) is 27.9 Å². The number of anilines is 1. The maximum Gasteiger partial charge on any atom is 0.209 e. The first kappa shape index (κ1) is 21.3. The number of sulfonamides is 1. The number of nitrogens with zero attached hydrogens (tertiary/aromatic N) is 4. The van der Waals surface area contributed by atoms with Crippen LogP contribution in [0, 0.1) is 11.7 Å². The molecule has 1 aliphatic heterocycles. The number of benzene rings is 1. The molecule has 0 spiro atoms. The highest BCUT2D eigenvalue weighted by molar-refractivity contribution is 7.89. The Morgan fingerprint density at radius 3 is 2.62 bits per heavy atom. The number of primary sulfonamides is 1. The quantitative estimate of drug-likeness (QED) is 0.561. The summed E-state index contributed by atoms with van der Waals surface area (Å²) in [6.07, 6.45) is 7.02. The Labute approximate surface area is 186 Å². The molecule has 1 saturated heterocycles. The van der Waals surface area contributed by atoms with Gasteiger partial charge in [-0.3, -0.25) is 0 Å². The normalized spacial score (nSPS) is 21.4. The number of nitrogen functional groups attached to an aromatic ring is 1. The number of hydrogen-bond donors (Lipinski definition) is 2. The highest BCUT2D eigenvalue weighted by Crippen LogP contribution is 2.43. The molecule has 0 radical (unpaired) electrons. The Bertz CT molecular complexity index is 1260. The van der Waals surface area contributed by atoms with Gasteiger partial charge >= 0.3 is 0 Å². The van der Waals surface area contributed by atoms with Crippen molar-refractivity contribution in [3.05, 3.63) is 42.1 Å². The van der Waals surface area contributed by atoms with Gasteiger partial charge in [-0.15, -0.1) is 0 Å². The summed E-state index contributed by atoms with van der Waals surface area (Å²) < 4.78 is 39.3. The molecule has 2 fully saturated rings. The third-order valence-corrected chi connectivity index (χ3v) is 7.42. The molecule has 2 aliphatic rings. The lowest BCUT2D eigenvalue weighted by Crippen LogP contribution is -2.43. The summed E-state index contributed by atoms with van der Waals surface area (Å²) >= 11 is 0. The zero-order valence-corrected chi connectivity index (χ0v) is 18.6. The van der Waals surface area contributed by atoms with Gasteiger partial charge in [0, 0.05) is 24.3 Å². The molecule has 1 aliphatic carbocycles. The number of aryl methyl sites for hydroxylation is 1. The Morgan fingerprint density at radius 2 is 1.94 bits per heavy atom. The summed E-state index contributed by atoms with van der Waals surface area (Å²) in [5, 5.41) is 5.81. The van der Waals surface area contributed by atoms with Crippen LogP contribution in [-0.2, 0) is 16.4 Å². The van der Waals surface area contributed by atoms with Gasteiger partial charge in [0.25, 0.3) is 0 Å². The molecule has 4 N–H and O–H groups in total. The molecule has 170 valence electrons. The maximum absolute atomic E-state index is 14.4. The van der Waals surface area contributed by atoms with Crippen molar-refractivity contribution in [2.24, 2.45) is 11.1 Å². The maximum atomic E-state index is 14.4. The Kier molecular flexibility index (Phi) is 5.39. The van der Waals surface area contributed by atoms with Gasteiger partial charge in [-0.05, 0) is 68.0 Å². The smallest absolute Gasteiger partial charge is 0.209 e. The molecule has 10 heteroatoms. The van der Waals surface area contributed by atoms with Crippen molar-refractivity contribution in [2.45, 2.75) is 31.7 Å². The standard InChI is InChI=1S/C22H27FN6O2S/c23-17-7-14(2-5-32(25,30)31)6-16(10-17)19-12-29(22-20(19)21(24)26-13-27-22)18-8-15(9-18)11-28-3-1-4-28/h6-7,10,12-13,15,18H,1-5,8-9,11H2,(H2,24,26,27)(H2,25,30,31). The van der Waals surface area contributed by atoms with Crippen molar-refractivity contribution in [3.8, 4) is 11.1 Å². The number of rotatable bonds is 7. The lowest BCUT2D eigenvalue weighted by Gasteiger charge is -2.42. The molecular formula is C22H27FN6O2S. The van der Waals surface area contributed by atoms with Crippen LogP contribution >= 0.6 is 0 Å². The van der Waals surface area contributed by atoms with Gasteiger partial charge in [0.1, 0.15) is 23.6 Å². The minimum Gasteiger partial charge on any atom is -0.383 e. The van der Waals surface area contributed by atoms with E-state index >= 15 is 0 Å². The molecule has 0 bridgehead atoms. The molecule has 0 atom stereocenters. The van der Waals surface area contributed by atoms with Gasteiger partial charge < -0.3 is 15.2 Å². The van der Waals surface area contributed by atoms with E-state index in [2.05, 4.69) is 19.4 Å². The summed E-state index contributed by atoms with van der Waals surface area (Å²) in [5.74, 6) is 0.333. The molecule has 32 heavy (non-hydrogen) atoms. The molecular weight excluding hydrogens is 431 g/mol. The van der Waals surface area contributed by atoms with E-state index in [1.807, 2.05) is 6.20 Å². The van der Waals surface area contributed by atoms with E-state index < -0.39 is 15.8 Å². The van der Waals surface area contributed by atoms with E-state index in [9.17, 15) is 12.8 Å². The van der Waals surface area contributed by atoms with Gasteiger partial charge in [-0.2, -0.15) is 0 Å². The minimum atomic E-state index is -3.64. The molecule has 1 saturated carbocycles. The van der Waals surface area contributed by atoms with Crippen molar-refractivity contribution in [1.82, 2.24) is 19.4 Å². The minimum absolute atomic E-state index is 0.134. The fourth-order valence-electron chi connectivity index (χ4n) is 4.82. The van der Waals surface area contributed by atoms with Crippen LogP contribution in [0.25, 0.3) is 22.2 Å². The molecule has 3 heterocycles. The zero-order valence-electron chi connectivity index (χ0n) is 17.7. The van der Waals surface area contributed by atoms with Crippen LogP contribution in [0.2, 0.25) is 0 Å². The molecule has 3 aromatic rings. The van der Waals surface area contributed by atoms with Crippen LogP contribution in [0.1, 0.15) is 30.9 Å². The third-order valence-electron chi connectivity index (χ3n) is 6.65.